The van der Waals surface area contributed by atoms with E-state index in [2.05, 4.69) is 40.4 Å². The summed E-state index contributed by atoms with van der Waals surface area (Å²) in [6.45, 7) is 7.93. The Labute approximate surface area is 204 Å². The molecule has 1 fully saturated rings. The normalized spacial score (nSPS) is 14.6. The Morgan fingerprint density at radius 3 is 2.49 bits per heavy atom. The fourth-order valence-corrected chi connectivity index (χ4v) is 3.62. The van der Waals surface area contributed by atoms with E-state index in [9.17, 15) is 9.90 Å². The highest BCUT2D eigenvalue weighted by Gasteiger charge is 2.20. The van der Waals surface area contributed by atoms with Crippen LogP contribution in [0, 0.1) is 0 Å². The first kappa shape index (κ1) is 24.2. The van der Waals surface area contributed by atoms with Crippen LogP contribution in [0.3, 0.4) is 0 Å². The van der Waals surface area contributed by atoms with Gasteiger partial charge in [-0.25, -0.2) is 4.98 Å². The van der Waals surface area contributed by atoms with E-state index in [0.717, 1.165) is 37.4 Å². The molecule has 0 bridgehead atoms. The first-order valence-corrected chi connectivity index (χ1v) is 11.6. The summed E-state index contributed by atoms with van der Waals surface area (Å²) in [6, 6.07) is 12.7. The van der Waals surface area contributed by atoms with E-state index in [1.807, 2.05) is 50.3 Å². The summed E-state index contributed by atoms with van der Waals surface area (Å²) in [5.74, 6) is 1.87. The summed E-state index contributed by atoms with van der Waals surface area (Å²) in [7, 11) is 0. The Balaban J connectivity index is 1.49. The smallest absolute Gasteiger partial charge is 0.257 e. The van der Waals surface area contributed by atoms with Gasteiger partial charge in [0.15, 0.2) is 5.82 Å². The van der Waals surface area contributed by atoms with E-state index in [1.165, 1.54) is 6.20 Å². The summed E-state index contributed by atoms with van der Waals surface area (Å²) < 4.78 is 0. The second kappa shape index (κ2) is 11.5. The highest BCUT2D eigenvalue weighted by atomic mass is 16.3. The summed E-state index contributed by atoms with van der Waals surface area (Å²) in [6.07, 6.45) is 3.47. The number of pyridine rings is 1. The molecule has 1 aliphatic rings. The molecule has 1 saturated heterocycles. The van der Waals surface area contributed by atoms with Crippen LogP contribution < -0.4 is 15.5 Å². The molecule has 0 spiro atoms. The van der Waals surface area contributed by atoms with Gasteiger partial charge in [0.05, 0.1) is 12.2 Å². The van der Waals surface area contributed by atoms with Gasteiger partial charge in [0, 0.05) is 44.6 Å². The number of hydrogen-bond acceptors (Lipinski definition) is 9. The van der Waals surface area contributed by atoms with Gasteiger partial charge in [-0.15, -0.1) is 0 Å². The zero-order valence-corrected chi connectivity index (χ0v) is 20.0. The van der Waals surface area contributed by atoms with E-state index < -0.39 is 0 Å². The standard InChI is InChI=1S/C25H30N8O2/c1-3-18(2)22-29-24(31-25(30-22)33-13-11-32(12-14-33)15-16-34)28-21-10-9-19(17-26-21)23(35)27-20-7-5-4-6-8-20/h3-10,17,34H,11-16H2,1-2H3,(H,27,35)(H,26,28,29,30,31). The zero-order chi connectivity index (χ0) is 24.6. The van der Waals surface area contributed by atoms with Gasteiger partial charge < -0.3 is 20.6 Å². The van der Waals surface area contributed by atoms with Crippen LogP contribution in [-0.2, 0) is 0 Å². The number of hydrogen-bond donors (Lipinski definition) is 3. The summed E-state index contributed by atoms with van der Waals surface area (Å²) in [4.78, 5) is 35.1. The van der Waals surface area contributed by atoms with Crippen LogP contribution in [-0.4, -0.2) is 75.2 Å². The molecule has 3 heterocycles. The molecule has 4 rings (SSSR count). The Hall–Kier alpha value is -3.89. The number of nitrogens with one attached hydrogen (secondary N) is 2. The third-order valence-electron chi connectivity index (χ3n) is 5.78. The molecular formula is C25H30N8O2. The number of piperazine rings is 1. The summed E-state index contributed by atoms with van der Waals surface area (Å²) >= 11 is 0. The molecule has 2 aromatic heterocycles. The monoisotopic (exact) mass is 474 g/mol. The van der Waals surface area contributed by atoms with Crippen molar-refractivity contribution in [1.29, 1.82) is 0 Å². The Morgan fingerprint density at radius 2 is 1.83 bits per heavy atom. The van der Waals surface area contributed by atoms with E-state index >= 15 is 0 Å². The van der Waals surface area contributed by atoms with Gasteiger partial charge in [-0.1, -0.05) is 24.3 Å². The zero-order valence-electron chi connectivity index (χ0n) is 20.0. The SMILES string of the molecule is CC=C(C)c1nc(Nc2ccc(C(=O)Nc3ccccc3)cn2)nc(N2CCN(CCO)CC2)n1. The first-order chi connectivity index (χ1) is 17.1. The molecule has 0 saturated carbocycles. The number of para-hydroxylation sites is 1. The number of allylic oxidation sites excluding steroid dienone is 2. The lowest BCUT2D eigenvalue weighted by Crippen LogP contribution is -2.47. The number of amides is 1. The maximum absolute atomic E-state index is 12.5. The Bertz CT molecular complexity index is 1160. The molecule has 0 aliphatic carbocycles. The fourth-order valence-electron chi connectivity index (χ4n) is 3.62. The molecular weight excluding hydrogens is 444 g/mol. The molecule has 3 aromatic rings. The Morgan fingerprint density at radius 1 is 1.06 bits per heavy atom. The molecule has 35 heavy (non-hydrogen) atoms. The van der Waals surface area contributed by atoms with E-state index in [4.69, 9.17) is 0 Å². The van der Waals surface area contributed by atoms with Gasteiger partial charge in [-0.05, 0) is 43.7 Å². The van der Waals surface area contributed by atoms with Crippen molar-refractivity contribution < 1.29 is 9.90 Å². The van der Waals surface area contributed by atoms with Crippen molar-refractivity contribution in [2.45, 2.75) is 13.8 Å². The minimum atomic E-state index is -0.232. The van der Waals surface area contributed by atoms with Gasteiger partial charge in [0.1, 0.15) is 5.82 Å². The second-order valence-corrected chi connectivity index (χ2v) is 8.18. The number of aromatic nitrogens is 4. The van der Waals surface area contributed by atoms with Crippen molar-refractivity contribution in [3.05, 3.63) is 66.1 Å². The van der Waals surface area contributed by atoms with Crippen LogP contribution in [0.2, 0.25) is 0 Å². The lowest BCUT2D eigenvalue weighted by Gasteiger charge is -2.34. The second-order valence-electron chi connectivity index (χ2n) is 8.18. The maximum Gasteiger partial charge on any atom is 0.257 e. The summed E-state index contributed by atoms with van der Waals surface area (Å²) in [5, 5.41) is 15.2. The van der Waals surface area contributed by atoms with Gasteiger partial charge in [-0.2, -0.15) is 15.0 Å². The molecule has 0 radical (unpaired) electrons. The van der Waals surface area contributed by atoms with Crippen molar-refractivity contribution >= 4 is 34.9 Å². The van der Waals surface area contributed by atoms with Crippen LogP contribution in [0.5, 0.6) is 0 Å². The molecule has 182 valence electrons. The van der Waals surface area contributed by atoms with Crippen molar-refractivity contribution in [3.63, 3.8) is 0 Å². The lowest BCUT2D eigenvalue weighted by molar-refractivity contribution is 0.102. The van der Waals surface area contributed by atoms with Crippen LogP contribution >= 0.6 is 0 Å². The summed E-state index contributed by atoms with van der Waals surface area (Å²) in [5.41, 5.74) is 2.11. The van der Waals surface area contributed by atoms with Crippen LogP contribution in [0.25, 0.3) is 5.57 Å². The van der Waals surface area contributed by atoms with Gasteiger partial charge in [0.25, 0.3) is 5.91 Å². The number of carbonyl (C=O) groups is 1. The van der Waals surface area contributed by atoms with Crippen LogP contribution in [0.1, 0.15) is 30.0 Å². The third-order valence-corrected chi connectivity index (χ3v) is 5.78. The average Bonchev–Trinajstić information content (AvgIpc) is 2.89. The fraction of sp³-hybridized carbons (Fsp3) is 0.320. The largest absolute Gasteiger partial charge is 0.395 e. The molecule has 10 heteroatoms. The quantitative estimate of drug-likeness (QED) is 0.453. The number of anilines is 4. The van der Waals surface area contributed by atoms with E-state index in [-0.39, 0.29) is 12.5 Å². The molecule has 1 aliphatic heterocycles. The van der Waals surface area contributed by atoms with Gasteiger partial charge in [0.2, 0.25) is 11.9 Å². The highest BCUT2D eigenvalue weighted by Crippen LogP contribution is 2.20. The topological polar surface area (TPSA) is 119 Å². The maximum atomic E-state index is 12.5. The Kier molecular flexibility index (Phi) is 7.96. The van der Waals surface area contributed by atoms with Crippen molar-refractivity contribution in [2.75, 3.05) is 54.9 Å². The third kappa shape index (κ3) is 6.37. The number of rotatable bonds is 8. The van der Waals surface area contributed by atoms with Gasteiger partial charge >= 0.3 is 0 Å². The predicted octanol–water partition coefficient (Wildman–Crippen LogP) is 2.80. The van der Waals surface area contributed by atoms with Crippen LogP contribution in [0.4, 0.5) is 23.4 Å². The molecule has 1 aromatic carbocycles. The van der Waals surface area contributed by atoms with Crippen molar-refractivity contribution in [1.82, 2.24) is 24.8 Å². The van der Waals surface area contributed by atoms with Crippen molar-refractivity contribution in [2.24, 2.45) is 0 Å². The minimum Gasteiger partial charge on any atom is -0.395 e. The lowest BCUT2D eigenvalue weighted by atomic mass is 10.2. The number of benzene rings is 1. The van der Waals surface area contributed by atoms with E-state index in [0.29, 0.717) is 35.6 Å². The molecule has 0 unspecified atom stereocenters. The number of aliphatic hydroxyl groups is 1. The predicted molar refractivity (Wildman–Crippen MR) is 137 cm³/mol. The molecule has 10 nitrogen and oxygen atoms in total. The number of β-amino-alcohol motifs (C(OH)–C–C–N with tert-alkyl or cyclic N) is 1. The highest BCUT2D eigenvalue weighted by molar-refractivity contribution is 6.04. The van der Waals surface area contributed by atoms with Crippen molar-refractivity contribution in [3.8, 4) is 0 Å². The molecule has 1 amide bonds. The first-order valence-electron chi connectivity index (χ1n) is 11.6. The number of carbonyl (C=O) groups excluding carboxylic acids is 1. The average molecular weight is 475 g/mol. The number of nitrogens with zero attached hydrogens (tertiary/aromatic N) is 6. The molecule has 3 N–H and O–H groups in total. The van der Waals surface area contributed by atoms with E-state index in [1.54, 1.807) is 12.1 Å². The molecule has 0 atom stereocenters. The minimum absolute atomic E-state index is 0.157. The van der Waals surface area contributed by atoms with Gasteiger partial charge in [-0.3, -0.25) is 9.69 Å². The van der Waals surface area contributed by atoms with Crippen LogP contribution in [0.15, 0.2) is 54.7 Å². The number of aliphatic hydroxyl groups excluding tert-OH is 1.